The fourth-order valence-corrected chi connectivity index (χ4v) is 11.6. The maximum atomic E-state index is 12.5. The Morgan fingerprint density at radius 2 is 0.588 bits per heavy atom. The van der Waals surface area contributed by atoms with Crippen molar-refractivity contribution < 1.29 is 24.5 Å². The summed E-state index contributed by atoms with van der Waals surface area (Å²) in [6.07, 6.45) is 88.1. The zero-order valence-electron chi connectivity index (χ0n) is 54.3. The van der Waals surface area contributed by atoms with E-state index >= 15 is 0 Å². The zero-order valence-corrected chi connectivity index (χ0v) is 54.3. The number of nitrogens with one attached hydrogen (secondary N) is 1. The molecule has 474 valence electrons. The van der Waals surface area contributed by atoms with Gasteiger partial charge in [-0.15, -0.1) is 0 Å². The van der Waals surface area contributed by atoms with Gasteiger partial charge in [-0.25, -0.2) is 0 Å². The SMILES string of the molecule is CCCCCCCC/C=C\CCCCCCCC(=O)OCCCCCCCCCCCCCC/C=C\CCCCCCCCCCCCCCCCCCC(=O)NC(CO)C(O)CCCCCCCCCCCCCCCCCC. The van der Waals surface area contributed by atoms with Gasteiger partial charge in [-0.1, -0.05) is 346 Å². The average Bonchev–Trinajstić information content (AvgIpc) is 3.46. The first-order valence-electron chi connectivity index (χ1n) is 36.6. The highest BCUT2D eigenvalue weighted by Gasteiger charge is 2.20. The van der Waals surface area contributed by atoms with Gasteiger partial charge in [-0.05, 0) is 77.0 Å². The first-order chi connectivity index (χ1) is 39.5. The van der Waals surface area contributed by atoms with Gasteiger partial charge in [-0.3, -0.25) is 9.59 Å². The maximum Gasteiger partial charge on any atom is 0.305 e. The molecule has 2 atom stereocenters. The topological polar surface area (TPSA) is 95.9 Å². The van der Waals surface area contributed by atoms with Crippen LogP contribution in [-0.4, -0.2) is 47.4 Å². The van der Waals surface area contributed by atoms with E-state index in [4.69, 9.17) is 4.74 Å². The number of carbonyl (C=O) groups is 2. The van der Waals surface area contributed by atoms with Crippen molar-refractivity contribution >= 4 is 11.9 Å². The van der Waals surface area contributed by atoms with Crippen molar-refractivity contribution in [3.05, 3.63) is 24.3 Å². The third-order valence-corrected chi connectivity index (χ3v) is 17.2. The van der Waals surface area contributed by atoms with E-state index in [9.17, 15) is 19.8 Å². The number of aliphatic hydroxyl groups excluding tert-OH is 2. The van der Waals surface area contributed by atoms with E-state index in [1.54, 1.807) is 0 Å². The predicted molar refractivity (Wildman–Crippen MR) is 352 cm³/mol. The van der Waals surface area contributed by atoms with Crippen LogP contribution >= 0.6 is 0 Å². The summed E-state index contributed by atoms with van der Waals surface area (Å²) in [7, 11) is 0. The van der Waals surface area contributed by atoms with Crippen molar-refractivity contribution in [1.29, 1.82) is 0 Å². The number of esters is 1. The Morgan fingerprint density at radius 3 is 0.887 bits per heavy atom. The number of hydrogen-bond acceptors (Lipinski definition) is 5. The van der Waals surface area contributed by atoms with Gasteiger partial charge < -0.3 is 20.3 Å². The third kappa shape index (κ3) is 65.5. The molecular weight excluding hydrogens is 983 g/mol. The second-order valence-corrected chi connectivity index (χ2v) is 25.3. The van der Waals surface area contributed by atoms with Gasteiger partial charge in [0, 0.05) is 12.8 Å². The lowest BCUT2D eigenvalue weighted by molar-refractivity contribution is -0.143. The molecule has 6 heteroatoms. The molecule has 3 N–H and O–H groups in total. The summed E-state index contributed by atoms with van der Waals surface area (Å²) in [6, 6.07) is -0.539. The lowest BCUT2D eigenvalue weighted by Gasteiger charge is -2.22. The molecule has 0 aromatic carbocycles. The van der Waals surface area contributed by atoms with Gasteiger partial charge in [0.1, 0.15) is 0 Å². The predicted octanol–water partition coefficient (Wildman–Crippen LogP) is 23.7. The molecule has 80 heavy (non-hydrogen) atoms. The van der Waals surface area contributed by atoms with Crippen LogP contribution in [0.5, 0.6) is 0 Å². The van der Waals surface area contributed by atoms with Crippen molar-refractivity contribution in [2.45, 2.75) is 424 Å². The van der Waals surface area contributed by atoms with Crippen LogP contribution in [0.25, 0.3) is 0 Å². The van der Waals surface area contributed by atoms with E-state index in [-0.39, 0.29) is 18.5 Å². The molecule has 0 spiro atoms. The minimum Gasteiger partial charge on any atom is -0.466 e. The van der Waals surface area contributed by atoms with Crippen molar-refractivity contribution in [3.8, 4) is 0 Å². The Hall–Kier alpha value is -1.66. The molecule has 0 aliphatic heterocycles. The Balaban J connectivity index is 3.35. The molecule has 0 saturated carbocycles. The Kier molecular flexibility index (Phi) is 68.4. The number of unbranched alkanes of at least 4 members (excludes halogenated alkanes) is 54. The van der Waals surface area contributed by atoms with Gasteiger partial charge in [0.05, 0.1) is 25.4 Å². The van der Waals surface area contributed by atoms with Crippen molar-refractivity contribution in [1.82, 2.24) is 5.32 Å². The number of carbonyl (C=O) groups excluding carboxylic acids is 2. The minimum atomic E-state index is -0.662. The van der Waals surface area contributed by atoms with Crippen LogP contribution in [-0.2, 0) is 14.3 Å². The molecule has 0 bridgehead atoms. The lowest BCUT2D eigenvalue weighted by Crippen LogP contribution is -2.45. The van der Waals surface area contributed by atoms with Gasteiger partial charge in [0.15, 0.2) is 0 Å². The van der Waals surface area contributed by atoms with Gasteiger partial charge in [0.25, 0.3) is 0 Å². The van der Waals surface area contributed by atoms with Crippen LogP contribution < -0.4 is 5.32 Å². The molecule has 0 aromatic rings. The van der Waals surface area contributed by atoms with Crippen molar-refractivity contribution in [2.75, 3.05) is 13.2 Å². The standard InChI is InChI=1S/C74H143NO5/c1-3-5-7-9-11-13-15-17-19-39-42-46-50-54-58-62-66-72(77)71(70-76)75-73(78)67-63-59-55-51-47-43-40-36-34-32-30-28-26-24-22-20-21-23-25-27-29-31-33-35-37-41-45-49-53-57-61-65-69-80-74(79)68-64-60-56-52-48-44-38-18-16-14-12-10-8-6-4-2/h18,23,25,38,71-72,76-77H,3-17,19-22,24,26-37,39-70H2,1-2H3,(H,75,78)/b25-23-,38-18-. The van der Waals surface area contributed by atoms with E-state index in [0.29, 0.717) is 25.9 Å². The molecule has 1 amide bonds. The highest BCUT2D eigenvalue weighted by molar-refractivity contribution is 5.76. The first kappa shape index (κ1) is 78.3. The summed E-state index contributed by atoms with van der Waals surface area (Å²) in [4.78, 5) is 24.6. The summed E-state index contributed by atoms with van der Waals surface area (Å²) in [6.45, 7) is 4.98. The van der Waals surface area contributed by atoms with Crippen LogP contribution in [0.1, 0.15) is 412 Å². The zero-order chi connectivity index (χ0) is 57.8. The molecule has 0 aromatic heterocycles. The molecule has 0 fully saturated rings. The molecule has 2 unspecified atom stereocenters. The van der Waals surface area contributed by atoms with Crippen molar-refractivity contribution in [2.24, 2.45) is 0 Å². The number of amides is 1. The average molecular weight is 1130 g/mol. The Labute approximate surface area is 501 Å². The second-order valence-electron chi connectivity index (χ2n) is 25.3. The van der Waals surface area contributed by atoms with E-state index in [1.807, 2.05) is 0 Å². The molecule has 6 nitrogen and oxygen atoms in total. The molecule has 0 rings (SSSR count). The highest BCUT2D eigenvalue weighted by atomic mass is 16.5. The lowest BCUT2D eigenvalue weighted by atomic mass is 10.0. The first-order valence-corrected chi connectivity index (χ1v) is 36.6. The molecular formula is C74H143NO5. The second kappa shape index (κ2) is 69.8. The largest absolute Gasteiger partial charge is 0.466 e. The van der Waals surface area contributed by atoms with Crippen LogP contribution in [0.3, 0.4) is 0 Å². The summed E-state index contributed by atoms with van der Waals surface area (Å²) in [5.74, 6) is -0.0179. The van der Waals surface area contributed by atoms with Crippen LogP contribution in [0.2, 0.25) is 0 Å². The van der Waals surface area contributed by atoms with Crippen LogP contribution in [0.15, 0.2) is 24.3 Å². The van der Waals surface area contributed by atoms with Gasteiger partial charge in [-0.2, -0.15) is 0 Å². The monoisotopic (exact) mass is 1130 g/mol. The molecule has 0 aliphatic rings. The highest BCUT2D eigenvalue weighted by Crippen LogP contribution is 2.19. The summed E-state index contributed by atoms with van der Waals surface area (Å²) >= 11 is 0. The molecule has 0 aliphatic carbocycles. The van der Waals surface area contributed by atoms with E-state index in [1.165, 1.54) is 334 Å². The molecule has 0 saturated heterocycles. The number of aliphatic hydroxyl groups is 2. The van der Waals surface area contributed by atoms with E-state index < -0.39 is 12.1 Å². The maximum absolute atomic E-state index is 12.5. The Bertz CT molecular complexity index is 1250. The number of rotatable bonds is 69. The van der Waals surface area contributed by atoms with Crippen LogP contribution in [0, 0.1) is 0 Å². The summed E-state index contributed by atoms with van der Waals surface area (Å²) in [5, 5.41) is 23.4. The quantitative estimate of drug-likeness (QED) is 0.0320. The number of ether oxygens (including phenoxy) is 1. The fourth-order valence-electron chi connectivity index (χ4n) is 11.6. The minimum absolute atomic E-state index is 0.0110. The fraction of sp³-hybridized carbons (Fsp3) is 0.919. The summed E-state index contributed by atoms with van der Waals surface area (Å²) in [5.41, 5.74) is 0. The molecule has 0 radical (unpaired) electrons. The summed E-state index contributed by atoms with van der Waals surface area (Å²) < 4.78 is 5.49. The number of allylic oxidation sites excluding steroid dienone is 4. The van der Waals surface area contributed by atoms with Gasteiger partial charge in [0.2, 0.25) is 5.91 Å². The normalized spacial score (nSPS) is 12.6. The van der Waals surface area contributed by atoms with E-state index in [2.05, 4.69) is 43.5 Å². The Morgan fingerprint density at radius 1 is 0.338 bits per heavy atom. The molecule has 0 heterocycles. The third-order valence-electron chi connectivity index (χ3n) is 17.2. The van der Waals surface area contributed by atoms with Crippen LogP contribution in [0.4, 0.5) is 0 Å². The van der Waals surface area contributed by atoms with Gasteiger partial charge >= 0.3 is 5.97 Å². The smallest absolute Gasteiger partial charge is 0.305 e. The van der Waals surface area contributed by atoms with E-state index in [0.717, 1.165) is 44.9 Å². The van der Waals surface area contributed by atoms with Crippen molar-refractivity contribution in [3.63, 3.8) is 0 Å². The number of hydrogen-bond donors (Lipinski definition) is 3.